The van der Waals surface area contributed by atoms with E-state index >= 15 is 0 Å². The fourth-order valence-corrected chi connectivity index (χ4v) is 4.14. The van der Waals surface area contributed by atoms with Crippen LogP contribution in [0.5, 0.6) is 17.2 Å². The van der Waals surface area contributed by atoms with Gasteiger partial charge in [0.15, 0.2) is 11.5 Å². The summed E-state index contributed by atoms with van der Waals surface area (Å²) in [4.78, 5) is 3.03. The van der Waals surface area contributed by atoms with Gasteiger partial charge in [0.05, 0.1) is 0 Å². The van der Waals surface area contributed by atoms with Crippen molar-refractivity contribution in [1.29, 1.82) is 0 Å². The smallest absolute Gasteiger partial charge is 0.231 e. The van der Waals surface area contributed by atoms with Gasteiger partial charge in [-0.3, -0.25) is 0 Å². The number of nitrogens with one attached hydrogen (secondary N) is 2. The van der Waals surface area contributed by atoms with Crippen molar-refractivity contribution < 1.29 is 29.1 Å². The summed E-state index contributed by atoms with van der Waals surface area (Å²) in [5, 5.41) is 10.4. The van der Waals surface area contributed by atoms with Crippen molar-refractivity contribution in [2.45, 2.75) is 26.5 Å². The Labute approximate surface area is 172 Å². The summed E-state index contributed by atoms with van der Waals surface area (Å²) in [7, 11) is 0. The molecule has 2 aromatic carbocycles. The highest BCUT2D eigenvalue weighted by atomic mass is 16.7. The summed E-state index contributed by atoms with van der Waals surface area (Å²) in [6.07, 6.45) is -0.444. The first-order valence-corrected chi connectivity index (χ1v) is 10.5. The molecule has 1 saturated heterocycles. The third-order valence-corrected chi connectivity index (χ3v) is 6.07. The molecule has 0 radical (unpaired) electrons. The molecular weight excluding hydrogens is 368 g/mol. The van der Waals surface area contributed by atoms with Crippen LogP contribution in [0.15, 0.2) is 36.4 Å². The monoisotopic (exact) mass is 400 g/mol. The summed E-state index contributed by atoms with van der Waals surface area (Å²) >= 11 is 0. The first-order valence-electron chi connectivity index (χ1n) is 10.5. The second kappa shape index (κ2) is 9.03. The molecule has 2 aliphatic rings. The van der Waals surface area contributed by atoms with Crippen LogP contribution in [0.25, 0.3) is 0 Å². The maximum absolute atomic E-state index is 10.4. The molecule has 2 aliphatic heterocycles. The third kappa shape index (κ3) is 5.01. The molecule has 156 valence electrons. The standard InChI is InChI=1S/C23H30N2O4/c1-17-4-3-5-21(18(17)2)27-15-20(26)14-25-10-8-24(9-11-25)13-19-6-7-22-23(12-19)29-16-28-22/h3-7,12,20,26H,8-11,13-16H2,1-2H3/p+2/t20-/m1/s1. The van der Waals surface area contributed by atoms with Gasteiger partial charge in [0.25, 0.3) is 0 Å². The zero-order valence-electron chi connectivity index (χ0n) is 17.4. The lowest BCUT2D eigenvalue weighted by Crippen LogP contribution is -3.28. The fraction of sp³-hybridized carbons (Fsp3) is 0.478. The van der Waals surface area contributed by atoms with Gasteiger partial charge in [-0.1, -0.05) is 12.1 Å². The molecule has 0 aliphatic carbocycles. The molecular formula is C23H32N2O4+2. The largest absolute Gasteiger partial charge is 0.490 e. The van der Waals surface area contributed by atoms with E-state index in [0.29, 0.717) is 13.4 Å². The summed E-state index contributed by atoms with van der Waals surface area (Å²) in [6, 6.07) is 12.3. The predicted molar refractivity (Wildman–Crippen MR) is 110 cm³/mol. The Kier molecular flexibility index (Phi) is 6.23. The number of fused-ring (bicyclic) bond motifs is 1. The molecule has 1 fully saturated rings. The van der Waals surface area contributed by atoms with Crippen LogP contribution < -0.4 is 24.0 Å². The first kappa shape index (κ1) is 20.0. The third-order valence-electron chi connectivity index (χ3n) is 6.07. The van der Waals surface area contributed by atoms with Crippen molar-refractivity contribution in [2.75, 3.05) is 46.1 Å². The summed E-state index contributed by atoms with van der Waals surface area (Å²) in [5.74, 6) is 2.57. The molecule has 0 aromatic heterocycles. The molecule has 3 N–H and O–H groups in total. The zero-order valence-corrected chi connectivity index (χ0v) is 17.4. The van der Waals surface area contributed by atoms with E-state index in [4.69, 9.17) is 14.2 Å². The normalized spacial score (nSPS) is 21.8. The van der Waals surface area contributed by atoms with Crippen molar-refractivity contribution in [1.82, 2.24) is 0 Å². The summed E-state index contributed by atoms with van der Waals surface area (Å²) in [6.45, 7) is 10.9. The van der Waals surface area contributed by atoms with E-state index in [1.54, 1.807) is 4.90 Å². The Balaban J connectivity index is 1.20. The van der Waals surface area contributed by atoms with E-state index in [1.165, 1.54) is 16.0 Å². The minimum atomic E-state index is -0.444. The minimum absolute atomic E-state index is 0.323. The molecule has 29 heavy (non-hydrogen) atoms. The van der Waals surface area contributed by atoms with E-state index in [0.717, 1.165) is 62.1 Å². The van der Waals surface area contributed by atoms with Crippen molar-refractivity contribution in [2.24, 2.45) is 0 Å². The van der Waals surface area contributed by atoms with Gasteiger partial charge in [0.1, 0.15) is 57.7 Å². The fourth-order valence-electron chi connectivity index (χ4n) is 4.14. The van der Waals surface area contributed by atoms with Crippen molar-refractivity contribution in [3.8, 4) is 17.2 Å². The van der Waals surface area contributed by atoms with E-state index in [-0.39, 0.29) is 0 Å². The lowest BCUT2D eigenvalue weighted by atomic mass is 10.1. The van der Waals surface area contributed by atoms with Crippen molar-refractivity contribution in [3.63, 3.8) is 0 Å². The molecule has 0 unspecified atom stereocenters. The van der Waals surface area contributed by atoms with E-state index < -0.39 is 6.10 Å². The van der Waals surface area contributed by atoms with Crippen molar-refractivity contribution >= 4 is 0 Å². The quantitative estimate of drug-likeness (QED) is 0.600. The number of hydrogen-bond acceptors (Lipinski definition) is 4. The van der Waals surface area contributed by atoms with Crippen LogP contribution in [0.2, 0.25) is 0 Å². The maximum Gasteiger partial charge on any atom is 0.231 e. The number of piperazine rings is 1. The number of ether oxygens (including phenoxy) is 3. The van der Waals surface area contributed by atoms with Gasteiger partial charge >= 0.3 is 0 Å². The number of aliphatic hydroxyl groups is 1. The summed E-state index contributed by atoms with van der Waals surface area (Å²) < 4.78 is 16.7. The Hall–Kier alpha value is -2.28. The zero-order chi connectivity index (χ0) is 20.2. The predicted octanol–water partition coefficient (Wildman–Crippen LogP) is -0.245. The molecule has 6 nitrogen and oxygen atoms in total. The molecule has 2 heterocycles. The van der Waals surface area contributed by atoms with Gasteiger partial charge in [0.2, 0.25) is 6.79 Å². The molecule has 0 bridgehead atoms. The average molecular weight is 401 g/mol. The second-order valence-electron chi connectivity index (χ2n) is 8.23. The van der Waals surface area contributed by atoms with Crippen LogP contribution in [-0.4, -0.2) is 57.3 Å². The highest BCUT2D eigenvalue weighted by Crippen LogP contribution is 2.32. The van der Waals surface area contributed by atoms with Crippen LogP contribution in [0.4, 0.5) is 0 Å². The topological polar surface area (TPSA) is 56.8 Å². The van der Waals surface area contributed by atoms with Gasteiger partial charge in [-0.2, -0.15) is 0 Å². The van der Waals surface area contributed by atoms with Crippen molar-refractivity contribution in [3.05, 3.63) is 53.1 Å². The molecule has 6 heteroatoms. The van der Waals surface area contributed by atoms with Crippen LogP contribution in [0, 0.1) is 13.8 Å². The number of aryl methyl sites for hydroxylation is 1. The Morgan fingerprint density at radius 1 is 1.00 bits per heavy atom. The Morgan fingerprint density at radius 2 is 1.76 bits per heavy atom. The van der Waals surface area contributed by atoms with Gasteiger partial charge in [-0.05, 0) is 49.2 Å². The first-order chi connectivity index (χ1) is 14.1. The van der Waals surface area contributed by atoms with Crippen LogP contribution >= 0.6 is 0 Å². The van der Waals surface area contributed by atoms with Crippen LogP contribution in [0.3, 0.4) is 0 Å². The molecule has 0 spiro atoms. The highest BCUT2D eigenvalue weighted by molar-refractivity contribution is 5.44. The van der Waals surface area contributed by atoms with Gasteiger partial charge in [-0.15, -0.1) is 0 Å². The lowest BCUT2D eigenvalue weighted by Gasteiger charge is -2.30. The van der Waals surface area contributed by atoms with Gasteiger partial charge < -0.3 is 29.1 Å². The minimum Gasteiger partial charge on any atom is -0.490 e. The maximum atomic E-state index is 10.4. The Bertz CT molecular complexity index is 834. The molecule has 0 amide bonds. The highest BCUT2D eigenvalue weighted by Gasteiger charge is 2.26. The Morgan fingerprint density at radius 3 is 2.59 bits per heavy atom. The van der Waals surface area contributed by atoms with E-state index in [1.807, 2.05) is 18.2 Å². The van der Waals surface area contributed by atoms with Gasteiger partial charge in [-0.25, -0.2) is 0 Å². The van der Waals surface area contributed by atoms with E-state index in [9.17, 15) is 5.11 Å². The number of quaternary nitrogens is 2. The molecule has 0 saturated carbocycles. The van der Waals surface area contributed by atoms with E-state index in [2.05, 4.69) is 32.0 Å². The average Bonchev–Trinajstić information content (AvgIpc) is 3.18. The number of rotatable bonds is 7. The van der Waals surface area contributed by atoms with Gasteiger partial charge in [0, 0.05) is 5.56 Å². The number of benzene rings is 2. The van der Waals surface area contributed by atoms with Crippen LogP contribution in [0.1, 0.15) is 16.7 Å². The SMILES string of the molecule is Cc1cccc(OC[C@H](O)C[NH+]2CC[NH+](Cc3ccc4c(c3)OCO4)CC2)c1C. The second-order valence-corrected chi connectivity index (χ2v) is 8.23. The molecule has 4 rings (SSSR count). The summed E-state index contributed by atoms with van der Waals surface area (Å²) in [5.41, 5.74) is 3.65. The number of aliphatic hydroxyl groups excluding tert-OH is 1. The molecule has 1 atom stereocenters. The molecule has 2 aromatic rings. The lowest BCUT2D eigenvalue weighted by molar-refractivity contribution is -1.02. The number of hydrogen-bond donors (Lipinski definition) is 3. The van der Waals surface area contributed by atoms with Crippen LogP contribution in [-0.2, 0) is 6.54 Å².